The molecule has 4 nitrogen and oxygen atoms in total. The van der Waals surface area contributed by atoms with E-state index in [4.69, 9.17) is 5.11 Å². The normalized spacial score (nSPS) is 15.4. The maximum absolute atomic E-state index is 9.12. The van der Waals surface area contributed by atoms with Gasteiger partial charge in [0.25, 0.3) is 0 Å². The molecule has 2 aromatic carbocycles. The van der Waals surface area contributed by atoms with Crippen LogP contribution in [0.25, 0.3) is 0 Å². The Labute approximate surface area is 165 Å². The molecule has 1 heterocycles. The number of rotatable bonds is 6. The van der Waals surface area contributed by atoms with Crippen molar-refractivity contribution in [2.45, 2.75) is 27.2 Å². The van der Waals surface area contributed by atoms with Crippen molar-refractivity contribution >= 4 is 0 Å². The standard InChI is InChI=1S/C13H12O.C10H23N3/c14-13-8-6-12(7-9-13)10-11-4-2-1-3-5-11;1-4-11-7-9-13(10-8-11)12(5-2)6-3/h1-9,14H,10H2;4-10H2,1-3H3. The van der Waals surface area contributed by atoms with Crippen molar-refractivity contribution in [1.82, 2.24) is 14.9 Å². The van der Waals surface area contributed by atoms with E-state index in [9.17, 15) is 0 Å². The average Bonchev–Trinajstić information content (AvgIpc) is 2.72. The molecule has 0 radical (unpaired) electrons. The van der Waals surface area contributed by atoms with Crippen LogP contribution in [-0.4, -0.2) is 65.8 Å². The molecule has 0 bridgehead atoms. The molecule has 2 aromatic rings. The Morgan fingerprint density at radius 1 is 0.778 bits per heavy atom. The van der Waals surface area contributed by atoms with Gasteiger partial charge in [-0.25, -0.2) is 10.0 Å². The third-order valence-corrected chi connectivity index (χ3v) is 5.11. The monoisotopic (exact) mass is 369 g/mol. The summed E-state index contributed by atoms with van der Waals surface area (Å²) in [5.74, 6) is 0.321. The van der Waals surface area contributed by atoms with E-state index in [-0.39, 0.29) is 0 Å². The summed E-state index contributed by atoms with van der Waals surface area (Å²) in [4.78, 5) is 2.51. The van der Waals surface area contributed by atoms with E-state index in [1.165, 1.54) is 43.9 Å². The highest BCUT2D eigenvalue weighted by atomic mass is 16.3. The number of phenols is 1. The Morgan fingerprint density at radius 3 is 1.85 bits per heavy atom. The second-order valence-electron chi connectivity index (χ2n) is 6.86. The maximum atomic E-state index is 9.12. The first kappa shape index (κ1) is 21.4. The van der Waals surface area contributed by atoms with Crippen molar-refractivity contribution in [2.24, 2.45) is 0 Å². The highest BCUT2D eigenvalue weighted by molar-refractivity contribution is 5.30. The van der Waals surface area contributed by atoms with E-state index < -0.39 is 0 Å². The van der Waals surface area contributed by atoms with Gasteiger partial charge in [0.15, 0.2) is 0 Å². The van der Waals surface area contributed by atoms with Crippen LogP contribution in [0, 0.1) is 0 Å². The van der Waals surface area contributed by atoms with Crippen LogP contribution in [0.2, 0.25) is 0 Å². The van der Waals surface area contributed by atoms with E-state index >= 15 is 0 Å². The fourth-order valence-electron chi connectivity index (χ4n) is 3.41. The summed E-state index contributed by atoms with van der Waals surface area (Å²) in [5.41, 5.74) is 2.51. The molecule has 0 unspecified atom stereocenters. The Balaban J connectivity index is 0.000000194. The molecule has 1 fully saturated rings. The smallest absolute Gasteiger partial charge is 0.115 e. The van der Waals surface area contributed by atoms with Crippen molar-refractivity contribution in [3.8, 4) is 5.75 Å². The molecule has 0 atom stereocenters. The van der Waals surface area contributed by atoms with E-state index in [1.54, 1.807) is 12.1 Å². The molecule has 1 aliphatic rings. The summed E-state index contributed by atoms with van der Waals surface area (Å²) in [5, 5.41) is 14.1. The van der Waals surface area contributed by atoms with Crippen LogP contribution in [0.3, 0.4) is 0 Å². The van der Waals surface area contributed by atoms with Crippen LogP contribution in [0.1, 0.15) is 31.9 Å². The lowest BCUT2D eigenvalue weighted by atomic mass is 10.1. The largest absolute Gasteiger partial charge is 0.508 e. The minimum Gasteiger partial charge on any atom is -0.508 e. The first-order valence-electron chi connectivity index (χ1n) is 10.2. The number of benzene rings is 2. The number of hydrogen-bond donors (Lipinski definition) is 1. The average molecular weight is 370 g/mol. The van der Waals surface area contributed by atoms with Crippen molar-refractivity contribution in [3.63, 3.8) is 0 Å². The maximum Gasteiger partial charge on any atom is 0.115 e. The minimum absolute atomic E-state index is 0.321. The third-order valence-electron chi connectivity index (χ3n) is 5.11. The highest BCUT2D eigenvalue weighted by Crippen LogP contribution is 2.13. The van der Waals surface area contributed by atoms with E-state index in [0.29, 0.717) is 5.75 Å². The number of likely N-dealkylation sites (N-methyl/N-ethyl adjacent to an activating group) is 1. The van der Waals surface area contributed by atoms with Crippen LogP contribution in [0.4, 0.5) is 0 Å². The summed E-state index contributed by atoms with van der Waals surface area (Å²) in [6, 6.07) is 17.6. The van der Waals surface area contributed by atoms with Crippen molar-refractivity contribution < 1.29 is 5.11 Å². The van der Waals surface area contributed by atoms with Gasteiger partial charge in [-0.05, 0) is 36.2 Å². The fourth-order valence-corrected chi connectivity index (χ4v) is 3.41. The van der Waals surface area contributed by atoms with Crippen molar-refractivity contribution in [3.05, 3.63) is 65.7 Å². The number of aromatic hydroxyl groups is 1. The molecule has 1 saturated heterocycles. The molecular weight excluding hydrogens is 334 g/mol. The molecule has 0 saturated carbocycles. The predicted octanol–water partition coefficient (Wildman–Crippen LogP) is 3.86. The number of nitrogens with zero attached hydrogens (tertiary/aromatic N) is 3. The molecule has 4 heteroatoms. The molecule has 3 rings (SSSR count). The minimum atomic E-state index is 0.321. The molecule has 0 spiro atoms. The van der Waals surface area contributed by atoms with Crippen LogP contribution < -0.4 is 0 Å². The summed E-state index contributed by atoms with van der Waals surface area (Å²) in [7, 11) is 0. The van der Waals surface area contributed by atoms with Gasteiger partial charge in [0.2, 0.25) is 0 Å². The Bertz CT molecular complexity index is 618. The molecule has 0 aliphatic carbocycles. The highest BCUT2D eigenvalue weighted by Gasteiger charge is 2.18. The lowest BCUT2D eigenvalue weighted by Crippen LogP contribution is -2.53. The van der Waals surface area contributed by atoms with Gasteiger partial charge < -0.3 is 10.0 Å². The second kappa shape index (κ2) is 11.8. The SMILES string of the molecule is CCN1CCN(N(CC)CC)CC1.Oc1ccc(Cc2ccccc2)cc1. The zero-order valence-electron chi connectivity index (χ0n) is 17.1. The van der Waals surface area contributed by atoms with E-state index in [1.807, 2.05) is 30.3 Å². The van der Waals surface area contributed by atoms with Gasteiger partial charge in [0.05, 0.1) is 0 Å². The van der Waals surface area contributed by atoms with Gasteiger partial charge in [0, 0.05) is 39.3 Å². The Morgan fingerprint density at radius 2 is 1.33 bits per heavy atom. The topological polar surface area (TPSA) is 30.0 Å². The van der Waals surface area contributed by atoms with Crippen LogP contribution in [0.5, 0.6) is 5.75 Å². The van der Waals surface area contributed by atoms with E-state index in [0.717, 1.165) is 19.5 Å². The number of phenolic OH excluding ortho intramolecular Hbond substituents is 1. The first-order chi connectivity index (χ1) is 13.2. The Hall–Kier alpha value is -1.88. The van der Waals surface area contributed by atoms with Gasteiger partial charge in [-0.15, -0.1) is 0 Å². The predicted molar refractivity (Wildman–Crippen MR) is 114 cm³/mol. The first-order valence-corrected chi connectivity index (χ1v) is 10.2. The summed E-state index contributed by atoms with van der Waals surface area (Å²) < 4.78 is 0. The van der Waals surface area contributed by atoms with Gasteiger partial charge in [-0.1, -0.05) is 63.2 Å². The summed E-state index contributed by atoms with van der Waals surface area (Å²) >= 11 is 0. The zero-order chi connectivity index (χ0) is 19.5. The quantitative estimate of drug-likeness (QED) is 0.837. The fraction of sp³-hybridized carbons (Fsp3) is 0.478. The third kappa shape index (κ3) is 7.33. The van der Waals surface area contributed by atoms with Gasteiger partial charge in [-0.3, -0.25) is 0 Å². The summed E-state index contributed by atoms with van der Waals surface area (Å²) in [6.45, 7) is 15.1. The van der Waals surface area contributed by atoms with Gasteiger partial charge in [-0.2, -0.15) is 0 Å². The van der Waals surface area contributed by atoms with Crippen LogP contribution in [-0.2, 0) is 6.42 Å². The van der Waals surface area contributed by atoms with Gasteiger partial charge >= 0.3 is 0 Å². The number of hydrogen-bond acceptors (Lipinski definition) is 4. The number of piperazine rings is 1. The molecule has 148 valence electrons. The molecule has 1 N–H and O–H groups in total. The molecule has 0 amide bonds. The molecule has 27 heavy (non-hydrogen) atoms. The lowest BCUT2D eigenvalue weighted by Gasteiger charge is -2.40. The van der Waals surface area contributed by atoms with Crippen LogP contribution >= 0.6 is 0 Å². The van der Waals surface area contributed by atoms with Gasteiger partial charge in [0.1, 0.15) is 5.75 Å². The van der Waals surface area contributed by atoms with Crippen LogP contribution in [0.15, 0.2) is 54.6 Å². The molecule has 1 aliphatic heterocycles. The Kier molecular flexibility index (Phi) is 9.32. The van der Waals surface area contributed by atoms with Crippen molar-refractivity contribution in [2.75, 3.05) is 45.8 Å². The lowest BCUT2D eigenvalue weighted by molar-refractivity contribution is -0.0494. The number of hydrazine groups is 1. The second-order valence-corrected chi connectivity index (χ2v) is 6.86. The zero-order valence-corrected chi connectivity index (χ0v) is 17.1. The van der Waals surface area contributed by atoms with Crippen molar-refractivity contribution in [1.29, 1.82) is 0 Å². The molecular formula is C23H35N3O. The molecule has 0 aromatic heterocycles. The summed E-state index contributed by atoms with van der Waals surface area (Å²) in [6.07, 6.45) is 0.918. The van der Waals surface area contributed by atoms with E-state index in [2.05, 4.69) is 47.8 Å².